The molecule has 0 atom stereocenters. The van der Waals surface area contributed by atoms with Crippen LogP contribution in [0.25, 0.3) is 12.2 Å². The van der Waals surface area contributed by atoms with Crippen LogP contribution in [-0.2, 0) is 13.6 Å². The fourth-order valence-corrected chi connectivity index (χ4v) is 3.52. The summed E-state index contributed by atoms with van der Waals surface area (Å²) in [4.78, 5) is 15.0. The minimum Gasteiger partial charge on any atom is -0.493 e. The van der Waals surface area contributed by atoms with Crippen molar-refractivity contribution in [3.05, 3.63) is 53.4 Å². The lowest BCUT2D eigenvalue weighted by Gasteiger charge is -2.19. The molecule has 2 aromatic rings. The number of carbonyl (C=O) groups is 1. The second kappa shape index (κ2) is 8.35. The van der Waals surface area contributed by atoms with Crippen molar-refractivity contribution in [2.45, 2.75) is 19.9 Å². The standard InChI is InChI=1S/C22H27N3O3/c1-5-7-8-17-16(6-2)21-18(24(17)3)14-25(22(21)26)15-9-10-19(27-4)20(13-15)28-12-11-23/h6-10,13H,2,5,11-12,14,23H2,1,3-4H3/b8-7+. The molecule has 6 nitrogen and oxygen atoms in total. The summed E-state index contributed by atoms with van der Waals surface area (Å²) < 4.78 is 13.1. The van der Waals surface area contributed by atoms with Crippen LogP contribution in [0.4, 0.5) is 5.69 Å². The molecule has 1 aliphatic heterocycles. The SMILES string of the molecule is C=Cc1c2c(n(C)c1/C=C/CC)CN(c1ccc(OC)c(OCCN)c1)C2=O. The maximum absolute atomic E-state index is 13.2. The molecule has 0 unspecified atom stereocenters. The number of nitrogens with zero attached hydrogens (tertiary/aromatic N) is 2. The highest BCUT2D eigenvalue weighted by atomic mass is 16.5. The Morgan fingerprint density at radius 3 is 2.75 bits per heavy atom. The number of anilines is 1. The third-order valence-electron chi connectivity index (χ3n) is 4.92. The van der Waals surface area contributed by atoms with Gasteiger partial charge in [0.1, 0.15) is 6.61 Å². The number of hydrogen-bond donors (Lipinski definition) is 1. The zero-order valence-electron chi connectivity index (χ0n) is 16.7. The van der Waals surface area contributed by atoms with Crippen molar-refractivity contribution in [3.63, 3.8) is 0 Å². The topological polar surface area (TPSA) is 69.7 Å². The molecule has 0 radical (unpaired) electrons. The van der Waals surface area contributed by atoms with E-state index in [1.807, 2.05) is 19.2 Å². The molecule has 1 amide bonds. The Hall–Kier alpha value is -2.99. The number of methoxy groups -OCH3 is 1. The summed E-state index contributed by atoms with van der Waals surface area (Å²) in [5.41, 5.74) is 9.89. The number of aromatic nitrogens is 1. The van der Waals surface area contributed by atoms with Crippen molar-refractivity contribution in [2.75, 3.05) is 25.2 Å². The van der Waals surface area contributed by atoms with Crippen LogP contribution in [0.5, 0.6) is 11.5 Å². The molecule has 148 valence electrons. The number of ether oxygens (including phenoxy) is 2. The van der Waals surface area contributed by atoms with Crippen LogP contribution in [0.1, 0.15) is 40.7 Å². The molecule has 3 rings (SSSR count). The zero-order chi connectivity index (χ0) is 20.3. The number of nitrogens with two attached hydrogens (primary N) is 1. The van der Waals surface area contributed by atoms with Crippen molar-refractivity contribution in [1.29, 1.82) is 0 Å². The van der Waals surface area contributed by atoms with E-state index in [0.29, 0.717) is 36.8 Å². The monoisotopic (exact) mass is 381 g/mol. The van der Waals surface area contributed by atoms with E-state index in [9.17, 15) is 4.79 Å². The van der Waals surface area contributed by atoms with E-state index in [2.05, 4.69) is 30.2 Å². The largest absolute Gasteiger partial charge is 0.493 e. The minimum absolute atomic E-state index is 0.0356. The van der Waals surface area contributed by atoms with E-state index in [1.165, 1.54) is 0 Å². The van der Waals surface area contributed by atoms with Gasteiger partial charge >= 0.3 is 0 Å². The lowest BCUT2D eigenvalue weighted by Crippen LogP contribution is -2.24. The molecule has 1 aromatic carbocycles. The smallest absolute Gasteiger partial charge is 0.261 e. The highest BCUT2D eigenvalue weighted by molar-refractivity contribution is 6.12. The van der Waals surface area contributed by atoms with E-state index in [4.69, 9.17) is 15.2 Å². The summed E-state index contributed by atoms with van der Waals surface area (Å²) in [5.74, 6) is 1.15. The van der Waals surface area contributed by atoms with Crippen molar-refractivity contribution >= 4 is 23.7 Å². The van der Waals surface area contributed by atoms with Gasteiger partial charge in [0.15, 0.2) is 11.5 Å². The minimum atomic E-state index is -0.0356. The van der Waals surface area contributed by atoms with Crippen molar-refractivity contribution < 1.29 is 14.3 Å². The molecule has 0 bridgehead atoms. The molecule has 1 aromatic heterocycles. The van der Waals surface area contributed by atoms with Crippen LogP contribution < -0.4 is 20.1 Å². The van der Waals surface area contributed by atoms with E-state index in [-0.39, 0.29) is 5.91 Å². The molecular formula is C22H27N3O3. The number of amides is 1. The van der Waals surface area contributed by atoms with Gasteiger partial charge < -0.3 is 24.7 Å². The van der Waals surface area contributed by atoms with E-state index < -0.39 is 0 Å². The Morgan fingerprint density at radius 2 is 2.11 bits per heavy atom. The fourth-order valence-electron chi connectivity index (χ4n) is 3.52. The van der Waals surface area contributed by atoms with Crippen LogP contribution in [0.2, 0.25) is 0 Å². The second-order valence-electron chi connectivity index (χ2n) is 6.56. The Kier molecular flexibility index (Phi) is 5.90. The molecule has 1 aliphatic rings. The molecule has 0 saturated heterocycles. The Morgan fingerprint density at radius 1 is 1.32 bits per heavy atom. The number of allylic oxidation sites excluding steroid dienone is 1. The zero-order valence-corrected chi connectivity index (χ0v) is 16.7. The first kappa shape index (κ1) is 19.8. The van der Waals surface area contributed by atoms with Gasteiger partial charge in [0.2, 0.25) is 0 Å². The van der Waals surface area contributed by atoms with Crippen molar-refractivity contribution in [3.8, 4) is 11.5 Å². The maximum Gasteiger partial charge on any atom is 0.261 e. The quantitative estimate of drug-likeness (QED) is 0.759. The summed E-state index contributed by atoms with van der Waals surface area (Å²) in [6.07, 6.45) is 6.84. The summed E-state index contributed by atoms with van der Waals surface area (Å²) in [6, 6.07) is 5.49. The van der Waals surface area contributed by atoms with E-state index >= 15 is 0 Å². The number of rotatable bonds is 8. The molecule has 6 heteroatoms. The van der Waals surface area contributed by atoms with Crippen LogP contribution in [0.15, 0.2) is 30.9 Å². The molecule has 0 fully saturated rings. The van der Waals surface area contributed by atoms with Gasteiger partial charge in [0.05, 0.1) is 24.9 Å². The predicted molar refractivity (Wildman–Crippen MR) is 113 cm³/mol. The van der Waals surface area contributed by atoms with Crippen LogP contribution in [0.3, 0.4) is 0 Å². The van der Waals surface area contributed by atoms with Gasteiger partial charge in [-0.2, -0.15) is 0 Å². The van der Waals surface area contributed by atoms with Gasteiger partial charge in [-0.15, -0.1) is 0 Å². The third-order valence-corrected chi connectivity index (χ3v) is 4.92. The average Bonchev–Trinajstić information content (AvgIpc) is 3.18. The molecule has 2 heterocycles. The number of hydrogen-bond acceptors (Lipinski definition) is 4. The molecule has 0 aliphatic carbocycles. The normalized spacial score (nSPS) is 13.3. The molecule has 0 saturated carbocycles. The van der Waals surface area contributed by atoms with Gasteiger partial charge in [-0.05, 0) is 24.6 Å². The molecule has 0 spiro atoms. The summed E-state index contributed by atoms with van der Waals surface area (Å²) in [7, 11) is 3.57. The van der Waals surface area contributed by atoms with E-state index in [0.717, 1.165) is 29.1 Å². The van der Waals surface area contributed by atoms with Gasteiger partial charge in [0, 0.05) is 36.6 Å². The lowest BCUT2D eigenvalue weighted by atomic mass is 10.1. The van der Waals surface area contributed by atoms with Gasteiger partial charge in [-0.3, -0.25) is 4.79 Å². The first-order valence-corrected chi connectivity index (χ1v) is 9.40. The third kappa shape index (κ3) is 3.31. The van der Waals surface area contributed by atoms with E-state index in [1.54, 1.807) is 24.2 Å². The highest BCUT2D eigenvalue weighted by Gasteiger charge is 2.35. The number of benzene rings is 1. The highest BCUT2D eigenvalue weighted by Crippen LogP contribution is 2.38. The number of carbonyl (C=O) groups excluding carboxylic acids is 1. The first-order valence-electron chi connectivity index (χ1n) is 9.40. The van der Waals surface area contributed by atoms with Gasteiger partial charge in [-0.1, -0.05) is 25.7 Å². The molecular weight excluding hydrogens is 354 g/mol. The van der Waals surface area contributed by atoms with Crippen molar-refractivity contribution in [2.24, 2.45) is 12.8 Å². The van der Waals surface area contributed by atoms with Crippen LogP contribution in [0, 0.1) is 0 Å². The summed E-state index contributed by atoms with van der Waals surface area (Å²) >= 11 is 0. The van der Waals surface area contributed by atoms with Crippen molar-refractivity contribution in [1.82, 2.24) is 4.57 Å². The van der Waals surface area contributed by atoms with Crippen LogP contribution in [-0.4, -0.2) is 30.7 Å². The van der Waals surface area contributed by atoms with Crippen LogP contribution >= 0.6 is 0 Å². The Bertz CT molecular complexity index is 928. The Labute approximate surface area is 165 Å². The lowest BCUT2D eigenvalue weighted by molar-refractivity contribution is 0.0996. The van der Waals surface area contributed by atoms with Gasteiger partial charge in [-0.25, -0.2) is 0 Å². The molecule has 28 heavy (non-hydrogen) atoms. The fraction of sp³-hybridized carbons (Fsp3) is 0.318. The number of fused-ring (bicyclic) bond motifs is 1. The summed E-state index contributed by atoms with van der Waals surface area (Å²) in [6.45, 7) is 7.28. The second-order valence-corrected chi connectivity index (χ2v) is 6.56. The average molecular weight is 381 g/mol. The molecule has 2 N–H and O–H groups in total. The maximum atomic E-state index is 13.2. The first-order chi connectivity index (χ1) is 13.6. The summed E-state index contributed by atoms with van der Waals surface area (Å²) in [5, 5.41) is 0. The van der Waals surface area contributed by atoms with Gasteiger partial charge in [0.25, 0.3) is 5.91 Å². The predicted octanol–water partition coefficient (Wildman–Crippen LogP) is 3.60. The Balaban J connectivity index is 1.99.